The molecule has 0 aliphatic heterocycles. The van der Waals surface area contributed by atoms with Crippen LogP contribution in [-0.4, -0.2) is 38.4 Å². The fourth-order valence-corrected chi connectivity index (χ4v) is 3.91. The van der Waals surface area contributed by atoms with Gasteiger partial charge in [-0.25, -0.2) is 10.4 Å². The predicted octanol–water partition coefficient (Wildman–Crippen LogP) is 6.00. The van der Waals surface area contributed by atoms with Gasteiger partial charge in [0.05, 0.1) is 54.4 Å². The second-order valence-electron chi connectivity index (χ2n) is 7.32. The summed E-state index contributed by atoms with van der Waals surface area (Å²) in [6, 6.07) is 17.7. The SMILES string of the molecule is COc1ccc(/C=N\NC(=O)c2cc(-c3ccc(Cl)c(Cl)c3)nc3ccccc23)c(OC)c1OC. The molecule has 0 saturated carbocycles. The summed E-state index contributed by atoms with van der Waals surface area (Å²) in [5.74, 6) is 0.974. The van der Waals surface area contributed by atoms with Crippen LogP contribution in [0, 0.1) is 0 Å². The molecule has 35 heavy (non-hydrogen) atoms. The molecule has 3 aromatic carbocycles. The van der Waals surface area contributed by atoms with Crippen molar-refractivity contribution in [2.24, 2.45) is 5.10 Å². The molecule has 0 spiro atoms. The van der Waals surface area contributed by atoms with Gasteiger partial charge < -0.3 is 14.2 Å². The van der Waals surface area contributed by atoms with Crippen LogP contribution in [0.25, 0.3) is 22.2 Å². The van der Waals surface area contributed by atoms with Crippen molar-refractivity contribution in [1.29, 1.82) is 0 Å². The summed E-state index contributed by atoms with van der Waals surface area (Å²) in [7, 11) is 4.57. The first-order valence-corrected chi connectivity index (χ1v) is 11.2. The minimum Gasteiger partial charge on any atom is -0.493 e. The maximum atomic E-state index is 13.2. The van der Waals surface area contributed by atoms with Gasteiger partial charge in [-0.2, -0.15) is 5.10 Å². The van der Waals surface area contributed by atoms with Crippen LogP contribution in [0.5, 0.6) is 17.2 Å². The van der Waals surface area contributed by atoms with Crippen molar-refractivity contribution in [1.82, 2.24) is 10.4 Å². The molecule has 1 amide bonds. The zero-order chi connectivity index (χ0) is 24.9. The Morgan fingerprint density at radius 3 is 2.40 bits per heavy atom. The topological polar surface area (TPSA) is 82.0 Å². The minimum absolute atomic E-state index is 0.401. The Morgan fingerprint density at radius 2 is 1.69 bits per heavy atom. The Labute approximate surface area is 212 Å². The number of nitrogens with zero attached hydrogens (tertiary/aromatic N) is 2. The molecule has 0 saturated heterocycles. The number of fused-ring (bicyclic) bond motifs is 1. The average Bonchev–Trinajstić information content (AvgIpc) is 2.88. The highest BCUT2D eigenvalue weighted by Crippen LogP contribution is 2.39. The van der Waals surface area contributed by atoms with Crippen LogP contribution in [0.15, 0.2) is 65.8 Å². The van der Waals surface area contributed by atoms with Crippen molar-refractivity contribution < 1.29 is 19.0 Å². The number of carbonyl (C=O) groups is 1. The number of hydrogen-bond acceptors (Lipinski definition) is 6. The van der Waals surface area contributed by atoms with Crippen LogP contribution in [0.3, 0.4) is 0 Å². The van der Waals surface area contributed by atoms with Crippen molar-refractivity contribution in [2.75, 3.05) is 21.3 Å². The lowest BCUT2D eigenvalue weighted by Crippen LogP contribution is -2.18. The van der Waals surface area contributed by atoms with Crippen molar-refractivity contribution in [3.8, 4) is 28.5 Å². The summed E-state index contributed by atoms with van der Waals surface area (Å²) in [5, 5.41) is 5.66. The van der Waals surface area contributed by atoms with E-state index in [2.05, 4.69) is 15.5 Å². The van der Waals surface area contributed by atoms with Crippen molar-refractivity contribution >= 4 is 46.2 Å². The number of carbonyl (C=O) groups excluding carboxylic acids is 1. The van der Waals surface area contributed by atoms with Crippen LogP contribution >= 0.6 is 23.2 Å². The highest BCUT2D eigenvalue weighted by Gasteiger charge is 2.16. The van der Waals surface area contributed by atoms with Gasteiger partial charge in [-0.3, -0.25) is 4.79 Å². The van der Waals surface area contributed by atoms with E-state index in [4.69, 9.17) is 37.4 Å². The highest BCUT2D eigenvalue weighted by molar-refractivity contribution is 6.42. The molecule has 0 fully saturated rings. The number of nitrogens with one attached hydrogen (secondary N) is 1. The number of halogens is 2. The number of para-hydroxylation sites is 1. The average molecular weight is 510 g/mol. The molecule has 7 nitrogen and oxygen atoms in total. The van der Waals surface area contributed by atoms with Gasteiger partial charge in [0, 0.05) is 16.5 Å². The molecule has 0 aliphatic rings. The molecule has 0 radical (unpaired) electrons. The van der Waals surface area contributed by atoms with Crippen LogP contribution < -0.4 is 19.6 Å². The third-order valence-electron chi connectivity index (χ3n) is 5.28. The van der Waals surface area contributed by atoms with Crippen molar-refractivity contribution in [3.05, 3.63) is 81.8 Å². The lowest BCUT2D eigenvalue weighted by molar-refractivity contribution is 0.0956. The van der Waals surface area contributed by atoms with Crippen molar-refractivity contribution in [3.63, 3.8) is 0 Å². The Bertz CT molecular complexity index is 1440. The molecule has 178 valence electrons. The number of rotatable bonds is 7. The second-order valence-corrected chi connectivity index (χ2v) is 8.14. The summed E-state index contributed by atoms with van der Waals surface area (Å²) in [4.78, 5) is 17.8. The van der Waals surface area contributed by atoms with Gasteiger partial charge in [-0.15, -0.1) is 0 Å². The molecule has 9 heteroatoms. The monoisotopic (exact) mass is 509 g/mol. The van der Waals surface area contributed by atoms with Gasteiger partial charge in [0.15, 0.2) is 11.5 Å². The van der Waals surface area contributed by atoms with Gasteiger partial charge in [-0.05, 0) is 36.4 Å². The first-order valence-electron chi connectivity index (χ1n) is 10.4. The van der Waals surface area contributed by atoms with E-state index in [9.17, 15) is 4.79 Å². The molecular formula is C26H21Cl2N3O4. The Hall–Kier alpha value is -3.81. The molecule has 1 aromatic heterocycles. The minimum atomic E-state index is -0.402. The number of aromatic nitrogens is 1. The van der Waals surface area contributed by atoms with E-state index in [1.807, 2.05) is 24.3 Å². The lowest BCUT2D eigenvalue weighted by atomic mass is 10.0. The lowest BCUT2D eigenvalue weighted by Gasteiger charge is -2.13. The fraction of sp³-hybridized carbons (Fsp3) is 0.115. The number of hydrazone groups is 1. The smallest absolute Gasteiger partial charge is 0.272 e. The quantitative estimate of drug-likeness (QED) is 0.244. The zero-order valence-electron chi connectivity index (χ0n) is 19.1. The molecule has 1 N–H and O–H groups in total. The molecule has 4 aromatic rings. The summed E-state index contributed by atoms with van der Waals surface area (Å²) >= 11 is 12.2. The summed E-state index contributed by atoms with van der Waals surface area (Å²) < 4.78 is 16.1. The van der Waals surface area contributed by atoms with E-state index in [1.54, 1.807) is 36.4 Å². The van der Waals surface area contributed by atoms with Crippen LogP contribution in [-0.2, 0) is 0 Å². The Morgan fingerprint density at radius 1 is 0.914 bits per heavy atom. The van der Waals surface area contributed by atoms with Crippen LogP contribution in [0.1, 0.15) is 15.9 Å². The number of amides is 1. The van der Waals surface area contributed by atoms with Gasteiger partial charge >= 0.3 is 0 Å². The van der Waals surface area contributed by atoms with E-state index >= 15 is 0 Å². The third kappa shape index (κ3) is 5.01. The summed E-state index contributed by atoms with van der Waals surface area (Å²) in [6.45, 7) is 0. The molecule has 1 heterocycles. The maximum absolute atomic E-state index is 13.2. The molecule has 0 aliphatic carbocycles. The fourth-order valence-electron chi connectivity index (χ4n) is 3.61. The van der Waals surface area contributed by atoms with Gasteiger partial charge in [0.25, 0.3) is 5.91 Å². The molecule has 0 unspecified atom stereocenters. The van der Waals surface area contributed by atoms with E-state index in [0.29, 0.717) is 55.0 Å². The molecule has 4 rings (SSSR count). The number of benzene rings is 3. The van der Waals surface area contributed by atoms with Crippen molar-refractivity contribution in [2.45, 2.75) is 0 Å². The van der Waals surface area contributed by atoms with Crippen LogP contribution in [0.4, 0.5) is 0 Å². The largest absolute Gasteiger partial charge is 0.493 e. The van der Waals surface area contributed by atoms with E-state index in [-0.39, 0.29) is 0 Å². The Kier molecular flexibility index (Phi) is 7.39. The number of hydrogen-bond donors (Lipinski definition) is 1. The standard InChI is InChI=1S/C26H21Cl2N3O4/c1-33-23-11-9-16(24(34-2)25(23)35-3)14-29-31-26(32)18-13-22(15-8-10-19(27)20(28)12-15)30-21-7-5-4-6-17(18)21/h4-14H,1-3H3,(H,31,32)/b29-14-. The van der Waals surface area contributed by atoms with E-state index in [0.717, 1.165) is 5.56 Å². The second kappa shape index (κ2) is 10.6. The highest BCUT2D eigenvalue weighted by atomic mass is 35.5. The molecule has 0 bridgehead atoms. The maximum Gasteiger partial charge on any atom is 0.272 e. The summed E-state index contributed by atoms with van der Waals surface area (Å²) in [6.07, 6.45) is 1.47. The molecule has 0 atom stereocenters. The number of pyridine rings is 1. The number of ether oxygens (including phenoxy) is 3. The normalized spacial score (nSPS) is 11.0. The first-order chi connectivity index (χ1) is 17.0. The predicted molar refractivity (Wildman–Crippen MR) is 138 cm³/mol. The van der Waals surface area contributed by atoms with Crippen LogP contribution in [0.2, 0.25) is 10.0 Å². The molecular weight excluding hydrogens is 489 g/mol. The van der Waals surface area contributed by atoms with Gasteiger partial charge in [0.1, 0.15) is 0 Å². The number of methoxy groups -OCH3 is 3. The van der Waals surface area contributed by atoms with Gasteiger partial charge in [0.2, 0.25) is 5.75 Å². The van der Waals surface area contributed by atoms with E-state index in [1.165, 1.54) is 27.5 Å². The zero-order valence-corrected chi connectivity index (χ0v) is 20.6. The summed E-state index contributed by atoms with van der Waals surface area (Å²) in [5.41, 5.74) is 5.57. The van der Waals surface area contributed by atoms with E-state index < -0.39 is 5.91 Å². The third-order valence-corrected chi connectivity index (χ3v) is 6.02. The first kappa shape index (κ1) is 24.3. The Balaban J connectivity index is 1.68. The van der Waals surface area contributed by atoms with Gasteiger partial charge in [-0.1, -0.05) is 47.5 Å².